The molecule has 0 aliphatic carbocycles. The Morgan fingerprint density at radius 1 is 1.21 bits per heavy atom. The first kappa shape index (κ1) is 19.4. The van der Waals surface area contributed by atoms with Gasteiger partial charge in [-0.1, -0.05) is 18.2 Å². The largest absolute Gasteiger partial charge is 0.481 e. The van der Waals surface area contributed by atoms with Crippen LogP contribution in [0.4, 0.5) is 5.69 Å². The Hall–Kier alpha value is -3.40. The smallest absolute Gasteiger partial charge is 0.308 e. The van der Waals surface area contributed by atoms with Gasteiger partial charge in [-0.3, -0.25) is 19.0 Å². The Kier molecular flexibility index (Phi) is 5.32. The first-order chi connectivity index (χ1) is 13.3. The Balaban J connectivity index is 1.93. The summed E-state index contributed by atoms with van der Waals surface area (Å²) < 4.78 is 28.2. The fourth-order valence-corrected chi connectivity index (χ4v) is 4.16. The van der Waals surface area contributed by atoms with E-state index in [1.807, 2.05) is 0 Å². The number of anilines is 1. The number of hydrogen-bond donors (Lipinski definition) is 2. The molecule has 0 atom stereocenters. The summed E-state index contributed by atoms with van der Waals surface area (Å²) in [7, 11) is -3.83. The number of pyridine rings is 1. The van der Waals surface area contributed by atoms with Crippen molar-refractivity contribution in [1.29, 1.82) is 0 Å². The van der Waals surface area contributed by atoms with E-state index in [4.69, 9.17) is 5.11 Å². The van der Waals surface area contributed by atoms with Gasteiger partial charge in [0.05, 0.1) is 12.1 Å². The van der Waals surface area contributed by atoms with Gasteiger partial charge in [-0.15, -0.1) is 0 Å². The molecule has 0 radical (unpaired) electrons. The molecule has 0 amide bonds. The van der Waals surface area contributed by atoms with E-state index in [-0.39, 0.29) is 22.8 Å². The maximum absolute atomic E-state index is 12.9. The molecule has 0 unspecified atom stereocenters. The molecule has 1 aromatic carbocycles. The van der Waals surface area contributed by atoms with Crippen LogP contribution in [0.2, 0.25) is 0 Å². The van der Waals surface area contributed by atoms with Crippen molar-refractivity contribution in [3.8, 4) is 5.82 Å². The predicted molar refractivity (Wildman–Crippen MR) is 102 cm³/mol. The summed E-state index contributed by atoms with van der Waals surface area (Å²) in [6, 6.07) is 11.4. The van der Waals surface area contributed by atoms with Gasteiger partial charge in [-0.25, -0.2) is 18.1 Å². The van der Waals surface area contributed by atoms with Crippen LogP contribution < -0.4 is 9.86 Å². The SMILES string of the molecule is CCN(c1ccccc1)S(=O)(=O)c1ccc(-n2[nH]cc(CC(=O)O)c2=O)nc1. The molecule has 0 bridgehead atoms. The Bertz CT molecular complexity index is 1130. The molecule has 0 saturated carbocycles. The van der Waals surface area contributed by atoms with Gasteiger partial charge in [-0.05, 0) is 31.2 Å². The lowest BCUT2D eigenvalue weighted by Crippen LogP contribution is -2.31. The van der Waals surface area contributed by atoms with Crippen molar-refractivity contribution in [1.82, 2.24) is 14.8 Å². The zero-order valence-electron chi connectivity index (χ0n) is 14.9. The number of rotatable bonds is 7. The third kappa shape index (κ3) is 3.67. The van der Waals surface area contributed by atoms with Gasteiger partial charge in [0.15, 0.2) is 5.82 Å². The van der Waals surface area contributed by atoms with Gasteiger partial charge in [0.2, 0.25) is 0 Å². The molecule has 2 heterocycles. The zero-order valence-corrected chi connectivity index (χ0v) is 15.8. The maximum Gasteiger partial charge on any atom is 0.308 e. The predicted octanol–water partition coefficient (Wildman–Crippen LogP) is 1.40. The molecule has 28 heavy (non-hydrogen) atoms. The maximum atomic E-state index is 12.9. The van der Waals surface area contributed by atoms with E-state index in [2.05, 4.69) is 10.1 Å². The highest BCUT2D eigenvalue weighted by Crippen LogP contribution is 2.23. The lowest BCUT2D eigenvalue weighted by molar-refractivity contribution is -0.136. The molecule has 10 heteroatoms. The number of H-pyrrole nitrogens is 1. The lowest BCUT2D eigenvalue weighted by Gasteiger charge is -2.22. The van der Waals surface area contributed by atoms with Crippen LogP contribution in [-0.2, 0) is 21.2 Å². The number of benzene rings is 1. The summed E-state index contributed by atoms with van der Waals surface area (Å²) in [5, 5.41) is 11.4. The Labute approximate surface area is 160 Å². The second-order valence-electron chi connectivity index (χ2n) is 5.87. The van der Waals surface area contributed by atoms with Crippen LogP contribution in [0.5, 0.6) is 0 Å². The average Bonchev–Trinajstić information content (AvgIpc) is 3.03. The molecule has 0 aliphatic heterocycles. The molecule has 2 N–H and O–H groups in total. The van der Waals surface area contributed by atoms with Crippen LogP contribution in [0.25, 0.3) is 5.82 Å². The molecular formula is C18H18N4O5S. The van der Waals surface area contributed by atoms with Gasteiger partial charge < -0.3 is 5.11 Å². The summed E-state index contributed by atoms with van der Waals surface area (Å²) in [6.45, 7) is 1.97. The number of sulfonamides is 1. The van der Waals surface area contributed by atoms with Crippen LogP contribution in [0.1, 0.15) is 12.5 Å². The number of aliphatic carboxylic acids is 1. The first-order valence-corrected chi connectivity index (χ1v) is 9.84. The van der Waals surface area contributed by atoms with Crippen molar-refractivity contribution in [3.63, 3.8) is 0 Å². The molecule has 0 fully saturated rings. The highest BCUT2D eigenvalue weighted by atomic mass is 32.2. The number of nitrogens with zero attached hydrogens (tertiary/aromatic N) is 3. The summed E-state index contributed by atoms with van der Waals surface area (Å²) in [5.41, 5.74) is 0.0604. The van der Waals surface area contributed by atoms with Gasteiger partial charge >= 0.3 is 5.97 Å². The number of carboxylic acid groups (broad SMARTS) is 1. The minimum atomic E-state index is -3.83. The van der Waals surface area contributed by atoms with Crippen LogP contribution in [0.15, 0.2) is 64.5 Å². The van der Waals surface area contributed by atoms with Crippen LogP contribution >= 0.6 is 0 Å². The van der Waals surface area contributed by atoms with Crippen molar-refractivity contribution >= 4 is 21.7 Å². The van der Waals surface area contributed by atoms with Crippen LogP contribution in [0, 0.1) is 0 Å². The quantitative estimate of drug-likeness (QED) is 0.615. The topological polar surface area (TPSA) is 125 Å². The highest BCUT2D eigenvalue weighted by molar-refractivity contribution is 7.92. The van der Waals surface area contributed by atoms with Gasteiger partial charge in [0.1, 0.15) is 4.90 Å². The third-order valence-electron chi connectivity index (χ3n) is 4.06. The fourth-order valence-electron chi connectivity index (χ4n) is 2.74. The number of carboxylic acids is 1. The fraction of sp³-hybridized carbons (Fsp3) is 0.167. The number of para-hydroxylation sites is 1. The second-order valence-corrected chi connectivity index (χ2v) is 7.73. The third-order valence-corrected chi connectivity index (χ3v) is 5.94. The summed E-state index contributed by atoms with van der Waals surface area (Å²) in [5.74, 6) is -0.971. The number of aromatic nitrogens is 3. The standard InChI is InChI=1S/C18H18N4O5S/c1-2-21(14-6-4-3-5-7-14)28(26,27)15-8-9-16(19-12-15)22-18(25)13(11-20-22)10-17(23)24/h3-9,11-12,20H,2,10H2,1H3,(H,23,24). The minimum Gasteiger partial charge on any atom is -0.481 e. The van der Waals surface area contributed by atoms with Crippen molar-refractivity contribution < 1.29 is 18.3 Å². The second kappa shape index (κ2) is 7.69. The van der Waals surface area contributed by atoms with Gasteiger partial charge in [0, 0.05) is 24.5 Å². The van der Waals surface area contributed by atoms with Crippen molar-refractivity contribution in [2.45, 2.75) is 18.2 Å². The summed E-state index contributed by atoms with van der Waals surface area (Å²) in [4.78, 5) is 27.0. The first-order valence-electron chi connectivity index (χ1n) is 8.40. The number of carbonyl (C=O) groups is 1. The van der Waals surface area contributed by atoms with Crippen LogP contribution in [-0.4, -0.2) is 40.8 Å². The number of nitrogens with one attached hydrogen (secondary N) is 1. The lowest BCUT2D eigenvalue weighted by atomic mass is 10.2. The molecule has 9 nitrogen and oxygen atoms in total. The van der Waals surface area contributed by atoms with E-state index in [0.29, 0.717) is 5.69 Å². The molecule has 2 aromatic heterocycles. The molecular weight excluding hydrogens is 384 g/mol. The van der Waals surface area contributed by atoms with E-state index in [0.717, 1.165) is 4.68 Å². The summed E-state index contributed by atoms with van der Waals surface area (Å²) in [6.07, 6.45) is 2.04. The average molecular weight is 402 g/mol. The normalized spacial score (nSPS) is 11.3. The molecule has 0 saturated heterocycles. The molecule has 0 spiro atoms. The van der Waals surface area contributed by atoms with E-state index in [1.54, 1.807) is 37.3 Å². The van der Waals surface area contributed by atoms with Crippen LogP contribution in [0.3, 0.4) is 0 Å². The van der Waals surface area contributed by atoms with E-state index >= 15 is 0 Å². The highest BCUT2D eigenvalue weighted by Gasteiger charge is 2.24. The Morgan fingerprint density at radius 2 is 1.93 bits per heavy atom. The minimum absolute atomic E-state index is 0.0210. The number of hydrogen-bond acceptors (Lipinski definition) is 5. The van der Waals surface area contributed by atoms with E-state index in [1.165, 1.54) is 28.8 Å². The molecule has 3 rings (SSSR count). The van der Waals surface area contributed by atoms with Crippen molar-refractivity contribution in [2.24, 2.45) is 0 Å². The molecule has 146 valence electrons. The Morgan fingerprint density at radius 3 is 2.50 bits per heavy atom. The summed E-state index contributed by atoms with van der Waals surface area (Å²) >= 11 is 0. The van der Waals surface area contributed by atoms with Crippen molar-refractivity contribution in [2.75, 3.05) is 10.8 Å². The molecule has 0 aliphatic rings. The monoisotopic (exact) mass is 402 g/mol. The zero-order chi connectivity index (χ0) is 20.3. The van der Waals surface area contributed by atoms with E-state index < -0.39 is 28.0 Å². The van der Waals surface area contributed by atoms with E-state index in [9.17, 15) is 18.0 Å². The van der Waals surface area contributed by atoms with Gasteiger partial charge in [-0.2, -0.15) is 0 Å². The van der Waals surface area contributed by atoms with Gasteiger partial charge in [0.25, 0.3) is 15.6 Å². The number of aromatic amines is 1. The molecule has 3 aromatic rings. The van der Waals surface area contributed by atoms with Crippen molar-refractivity contribution in [3.05, 3.63) is 70.8 Å².